The Morgan fingerprint density at radius 1 is 1.17 bits per heavy atom. The predicted octanol–water partition coefficient (Wildman–Crippen LogP) is 4.05. The number of benzene rings is 2. The minimum absolute atomic E-state index is 0.206. The molecule has 0 heterocycles. The van der Waals surface area contributed by atoms with Crippen molar-refractivity contribution in [1.82, 2.24) is 0 Å². The monoisotopic (exact) mass is 311 g/mol. The van der Waals surface area contributed by atoms with E-state index in [1.807, 2.05) is 56.3 Å². The van der Waals surface area contributed by atoms with Gasteiger partial charge in [0.1, 0.15) is 11.5 Å². The smallest absolute Gasteiger partial charge is 0.248 e. The highest BCUT2D eigenvalue weighted by Gasteiger charge is 2.05. The Hall–Kier alpha value is -2.75. The summed E-state index contributed by atoms with van der Waals surface area (Å²) in [6, 6.07) is 13.2. The molecule has 0 aliphatic rings. The molecular weight excluding hydrogens is 290 g/mol. The maximum atomic E-state index is 12.1. The average Bonchev–Trinajstić information content (AvgIpc) is 2.55. The van der Waals surface area contributed by atoms with Gasteiger partial charge in [-0.05, 0) is 55.3 Å². The van der Waals surface area contributed by atoms with Crippen molar-refractivity contribution in [3.05, 3.63) is 59.7 Å². The van der Waals surface area contributed by atoms with Gasteiger partial charge in [0.15, 0.2) is 0 Å². The number of aryl methyl sites for hydroxylation is 1. The van der Waals surface area contributed by atoms with Crippen LogP contribution in [0.3, 0.4) is 0 Å². The van der Waals surface area contributed by atoms with Crippen LogP contribution in [0.1, 0.15) is 18.1 Å². The molecule has 4 heteroatoms. The molecule has 0 unspecified atom stereocenters. The van der Waals surface area contributed by atoms with Gasteiger partial charge >= 0.3 is 0 Å². The van der Waals surface area contributed by atoms with E-state index in [0.717, 1.165) is 16.9 Å². The minimum Gasteiger partial charge on any atom is -0.495 e. The Labute approximate surface area is 136 Å². The minimum atomic E-state index is -0.206. The summed E-state index contributed by atoms with van der Waals surface area (Å²) in [7, 11) is 1.58. The fourth-order valence-electron chi connectivity index (χ4n) is 2.11. The van der Waals surface area contributed by atoms with Crippen LogP contribution in [-0.2, 0) is 4.79 Å². The lowest BCUT2D eigenvalue weighted by Crippen LogP contribution is -2.09. The van der Waals surface area contributed by atoms with Gasteiger partial charge in [-0.25, -0.2) is 0 Å². The summed E-state index contributed by atoms with van der Waals surface area (Å²) in [5.74, 6) is 1.25. The highest BCUT2D eigenvalue weighted by atomic mass is 16.5. The van der Waals surface area contributed by atoms with Crippen molar-refractivity contribution in [3.63, 3.8) is 0 Å². The van der Waals surface area contributed by atoms with Crippen LogP contribution in [0, 0.1) is 6.92 Å². The zero-order valence-electron chi connectivity index (χ0n) is 13.6. The molecule has 1 N–H and O–H groups in total. The van der Waals surface area contributed by atoms with Gasteiger partial charge in [0, 0.05) is 6.08 Å². The van der Waals surface area contributed by atoms with Crippen LogP contribution in [0.15, 0.2) is 48.5 Å². The third kappa shape index (κ3) is 4.88. The van der Waals surface area contributed by atoms with E-state index in [9.17, 15) is 4.79 Å². The van der Waals surface area contributed by atoms with E-state index in [4.69, 9.17) is 9.47 Å². The SMILES string of the molecule is CCOc1ccc(/C=C/C(=O)Nc2cc(C)ccc2OC)cc1. The number of amides is 1. The zero-order valence-corrected chi connectivity index (χ0v) is 13.6. The molecule has 0 aliphatic carbocycles. The molecule has 1 amide bonds. The van der Waals surface area contributed by atoms with Crippen LogP contribution in [0.5, 0.6) is 11.5 Å². The first-order chi connectivity index (χ1) is 11.1. The van der Waals surface area contributed by atoms with Gasteiger partial charge in [-0.15, -0.1) is 0 Å². The van der Waals surface area contributed by atoms with Crippen molar-refractivity contribution in [2.75, 3.05) is 19.0 Å². The molecule has 2 rings (SSSR count). The van der Waals surface area contributed by atoms with Crippen molar-refractivity contribution in [1.29, 1.82) is 0 Å². The first-order valence-corrected chi connectivity index (χ1v) is 7.49. The molecular formula is C19H21NO3. The van der Waals surface area contributed by atoms with Crippen molar-refractivity contribution in [2.24, 2.45) is 0 Å². The summed E-state index contributed by atoms with van der Waals surface area (Å²) in [5, 5.41) is 2.83. The Balaban J connectivity index is 2.03. The summed E-state index contributed by atoms with van der Waals surface area (Å²) in [5.41, 5.74) is 2.64. The molecule has 0 radical (unpaired) electrons. The van der Waals surface area contributed by atoms with E-state index < -0.39 is 0 Å². The zero-order chi connectivity index (χ0) is 16.7. The number of methoxy groups -OCH3 is 1. The summed E-state index contributed by atoms with van der Waals surface area (Å²) < 4.78 is 10.6. The summed E-state index contributed by atoms with van der Waals surface area (Å²) in [4.78, 5) is 12.1. The van der Waals surface area contributed by atoms with E-state index in [2.05, 4.69) is 5.32 Å². The average molecular weight is 311 g/mol. The Morgan fingerprint density at radius 3 is 2.57 bits per heavy atom. The molecule has 23 heavy (non-hydrogen) atoms. The van der Waals surface area contributed by atoms with Gasteiger partial charge in [0.05, 0.1) is 19.4 Å². The number of carbonyl (C=O) groups is 1. The van der Waals surface area contributed by atoms with Crippen molar-refractivity contribution >= 4 is 17.7 Å². The molecule has 0 fully saturated rings. The topological polar surface area (TPSA) is 47.6 Å². The van der Waals surface area contributed by atoms with E-state index in [1.54, 1.807) is 13.2 Å². The number of hydrogen-bond acceptors (Lipinski definition) is 3. The van der Waals surface area contributed by atoms with Crippen molar-refractivity contribution in [2.45, 2.75) is 13.8 Å². The maximum absolute atomic E-state index is 12.1. The van der Waals surface area contributed by atoms with E-state index in [1.165, 1.54) is 6.08 Å². The van der Waals surface area contributed by atoms with Crippen LogP contribution >= 0.6 is 0 Å². The molecule has 0 spiro atoms. The number of ether oxygens (including phenoxy) is 2. The fraction of sp³-hybridized carbons (Fsp3) is 0.211. The molecule has 2 aromatic carbocycles. The number of hydrogen-bond donors (Lipinski definition) is 1. The van der Waals surface area contributed by atoms with Gasteiger partial charge < -0.3 is 14.8 Å². The number of anilines is 1. The molecule has 2 aromatic rings. The molecule has 4 nitrogen and oxygen atoms in total. The van der Waals surface area contributed by atoms with Crippen LogP contribution in [0.25, 0.3) is 6.08 Å². The first kappa shape index (κ1) is 16.6. The number of nitrogens with one attached hydrogen (secondary N) is 1. The van der Waals surface area contributed by atoms with Gasteiger partial charge in [-0.2, -0.15) is 0 Å². The van der Waals surface area contributed by atoms with Gasteiger partial charge in [-0.1, -0.05) is 18.2 Å². The standard InChI is InChI=1S/C19H21NO3/c1-4-23-16-9-6-15(7-10-16)8-12-19(21)20-17-13-14(2)5-11-18(17)22-3/h5-13H,4H2,1-3H3,(H,20,21)/b12-8+. The van der Waals surface area contributed by atoms with Gasteiger partial charge in [-0.3, -0.25) is 4.79 Å². The molecule has 0 saturated heterocycles. The highest BCUT2D eigenvalue weighted by Crippen LogP contribution is 2.25. The summed E-state index contributed by atoms with van der Waals surface area (Å²) in [6.07, 6.45) is 3.25. The summed E-state index contributed by atoms with van der Waals surface area (Å²) in [6.45, 7) is 4.54. The quantitative estimate of drug-likeness (QED) is 0.819. The lowest BCUT2D eigenvalue weighted by molar-refractivity contribution is -0.111. The van der Waals surface area contributed by atoms with Gasteiger partial charge in [0.2, 0.25) is 5.91 Å². The molecule has 0 bridgehead atoms. The fourth-order valence-corrected chi connectivity index (χ4v) is 2.11. The number of carbonyl (C=O) groups excluding carboxylic acids is 1. The normalized spacial score (nSPS) is 10.6. The molecule has 0 saturated carbocycles. The number of rotatable bonds is 6. The van der Waals surface area contributed by atoms with E-state index in [0.29, 0.717) is 18.0 Å². The van der Waals surface area contributed by atoms with E-state index in [-0.39, 0.29) is 5.91 Å². The lowest BCUT2D eigenvalue weighted by atomic mass is 10.2. The Bertz CT molecular complexity index is 690. The van der Waals surface area contributed by atoms with Crippen LogP contribution in [0.2, 0.25) is 0 Å². The van der Waals surface area contributed by atoms with Crippen molar-refractivity contribution in [3.8, 4) is 11.5 Å². The van der Waals surface area contributed by atoms with Crippen molar-refractivity contribution < 1.29 is 14.3 Å². The molecule has 0 atom stereocenters. The maximum Gasteiger partial charge on any atom is 0.248 e. The largest absolute Gasteiger partial charge is 0.495 e. The predicted molar refractivity (Wildman–Crippen MR) is 93.0 cm³/mol. The van der Waals surface area contributed by atoms with Crippen LogP contribution in [0.4, 0.5) is 5.69 Å². The third-order valence-corrected chi connectivity index (χ3v) is 3.23. The Kier molecular flexibility index (Phi) is 5.80. The molecule has 0 aliphatic heterocycles. The second-order valence-corrected chi connectivity index (χ2v) is 5.03. The van der Waals surface area contributed by atoms with E-state index >= 15 is 0 Å². The summed E-state index contributed by atoms with van der Waals surface area (Å²) >= 11 is 0. The Morgan fingerprint density at radius 2 is 1.91 bits per heavy atom. The first-order valence-electron chi connectivity index (χ1n) is 7.49. The lowest BCUT2D eigenvalue weighted by Gasteiger charge is -2.09. The third-order valence-electron chi connectivity index (χ3n) is 3.23. The second-order valence-electron chi connectivity index (χ2n) is 5.03. The second kappa shape index (κ2) is 8.03. The van der Waals surface area contributed by atoms with Gasteiger partial charge in [0.25, 0.3) is 0 Å². The van der Waals surface area contributed by atoms with Crippen LogP contribution in [-0.4, -0.2) is 19.6 Å². The van der Waals surface area contributed by atoms with Crippen LogP contribution < -0.4 is 14.8 Å². The molecule has 120 valence electrons. The molecule has 0 aromatic heterocycles. The highest BCUT2D eigenvalue weighted by molar-refractivity contribution is 6.02.